The molecule has 0 aliphatic carbocycles. The Morgan fingerprint density at radius 3 is 2.25 bits per heavy atom. The van der Waals surface area contributed by atoms with E-state index in [-0.39, 0.29) is 11.8 Å². The van der Waals surface area contributed by atoms with Crippen molar-refractivity contribution in [1.82, 2.24) is 9.47 Å². The lowest BCUT2D eigenvalue weighted by atomic mass is 9.87. The zero-order valence-electron chi connectivity index (χ0n) is 23.1. The van der Waals surface area contributed by atoms with E-state index in [1.165, 1.54) is 27.6 Å². The fraction of sp³-hybridized carbons (Fsp3) is 0.250. The summed E-state index contributed by atoms with van der Waals surface area (Å²) in [6.45, 7) is 5.18. The Balaban J connectivity index is 1.33. The van der Waals surface area contributed by atoms with E-state index in [4.69, 9.17) is 4.74 Å². The molecule has 4 aromatic carbocycles. The summed E-state index contributed by atoms with van der Waals surface area (Å²) in [6, 6.07) is 35.9. The Hall–Kier alpha value is -4.31. The van der Waals surface area contributed by atoms with Crippen LogP contribution in [0.3, 0.4) is 0 Å². The lowest BCUT2D eigenvalue weighted by molar-refractivity contribution is -0.130. The van der Waals surface area contributed by atoms with Crippen LogP contribution < -0.4 is 4.74 Å². The van der Waals surface area contributed by atoms with Crippen LogP contribution in [0, 0.1) is 6.92 Å². The number of ether oxygens (including phenoxy) is 1. The van der Waals surface area contributed by atoms with Crippen LogP contribution in [-0.4, -0.2) is 28.5 Å². The Morgan fingerprint density at radius 2 is 1.50 bits per heavy atom. The normalized spacial score (nSPS) is 14.0. The minimum Gasteiger partial charge on any atom is -0.489 e. The number of hydrogen-bond acceptors (Lipinski definition) is 2. The van der Waals surface area contributed by atoms with Gasteiger partial charge in [-0.2, -0.15) is 0 Å². The molecular formula is C36H36N2O2. The number of aryl methyl sites for hydroxylation is 1. The first-order valence-corrected chi connectivity index (χ1v) is 14.3. The van der Waals surface area contributed by atoms with Gasteiger partial charge in [-0.3, -0.25) is 4.79 Å². The molecule has 1 fully saturated rings. The number of likely N-dealkylation sites (tertiary alicyclic amines) is 1. The highest BCUT2D eigenvalue weighted by atomic mass is 16.5. The monoisotopic (exact) mass is 528 g/mol. The van der Waals surface area contributed by atoms with Crippen molar-refractivity contribution in [2.24, 2.45) is 0 Å². The molecule has 1 aromatic heterocycles. The highest BCUT2D eigenvalue weighted by Gasteiger charge is 2.26. The Morgan fingerprint density at radius 1 is 0.800 bits per heavy atom. The van der Waals surface area contributed by atoms with Gasteiger partial charge in [0.1, 0.15) is 12.4 Å². The zero-order valence-corrected chi connectivity index (χ0v) is 23.1. The van der Waals surface area contributed by atoms with E-state index in [9.17, 15) is 4.79 Å². The van der Waals surface area contributed by atoms with Crippen LogP contribution >= 0.6 is 0 Å². The van der Waals surface area contributed by atoms with E-state index in [0.717, 1.165) is 49.4 Å². The van der Waals surface area contributed by atoms with Gasteiger partial charge in [0.25, 0.3) is 0 Å². The topological polar surface area (TPSA) is 34.5 Å². The largest absolute Gasteiger partial charge is 0.489 e. The van der Waals surface area contributed by atoms with E-state index in [1.54, 1.807) is 0 Å². The quantitative estimate of drug-likeness (QED) is 0.196. The first-order valence-electron chi connectivity index (χ1n) is 14.3. The summed E-state index contributed by atoms with van der Waals surface area (Å²) in [4.78, 5) is 15.5. The van der Waals surface area contributed by atoms with Gasteiger partial charge in [-0.05, 0) is 60.2 Å². The molecule has 4 nitrogen and oxygen atoms in total. The van der Waals surface area contributed by atoms with Crippen molar-refractivity contribution in [1.29, 1.82) is 0 Å². The first-order chi connectivity index (χ1) is 19.6. The summed E-state index contributed by atoms with van der Waals surface area (Å²) in [5, 5.41) is 1.21. The molecule has 5 aromatic rings. The average molecular weight is 529 g/mol. The van der Waals surface area contributed by atoms with Crippen LogP contribution in [0.2, 0.25) is 0 Å². The van der Waals surface area contributed by atoms with Crippen molar-refractivity contribution >= 4 is 16.8 Å². The Bertz CT molecular complexity index is 1560. The molecule has 0 bridgehead atoms. The molecule has 0 unspecified atom stereocenters. The van der Waals surface area contributed by atoms with Gasteiger partial charge < -0.3 is 14.2 Å². The van der Waals surface area contributed by atoms with E-state index >= 15 is 0 Å². The number of nitrogens with zero attached hydrogens (tertiary/aromatic N) is 2. The molecule has 0 radical (unpaired) electrons. The van der Waals surface area contributed by atoms with Gasteiger partial charge >= 0.3 is 0 Å². The van der Waals surface area contributed by atoms with Crippen LogP contribution in [0.1, 0.15) is 53.0 Å². The average Bonchev–Trinajstić information content (AvgIpc) is 3.66. The number of fused-ring (bicyclic) bond motifs is 1. The van der Waals surface area contributed by atoms with Crippen molar-refractivity contribution in [2.45, 2.75) is 45.3 Å². The molecule has 1 amide bonds. The summed E-state index contributed by atoms with van der Waals surface area (Å²) >= 11 is 0. The van der Waals surface area contributed by atoms with Crippen molar-refractivity contribution < 1.29 is 9.53 Å². The minimum absolute atomic E-state index is 0.0413. The lowest BCUT2D eigenvalue weighted by Crippen LogP contribution is -2.29. The third-order valence-corrected chi connectivity index (χ3v) is 8.04. The first kappa shape index (κ1) is 25.9. The van der Waals surface area contributed by atoms with Gasteiger partial charge in [0, 0.05) is 49.1 Å². The predicted molar refractivity (Wildman–Crippen MR) is 162 cm³/mol. The molecule has 0 saturated carbocycles. The number of amides is 1. The van der Waals surface area contributed by atoms with E-state index < -0.39 is 0 Å². The smallest absolute Gasteiger partial charge is 0.223 e. The van der Waals surface area contributed by atoms with Gasteiger partial charge in [0.2, 0.25) is 5.91 Å². The SMILES string of the molecule is Cc1ccc(Cn2cc([C@@H](CC(=O)N3CCCC3)c3ccc(OCc4ccccc4)cc3)c3ccccc32)cc1. The van der Waals surface area contributed by atoms with Gasteiger partial charge in [-0.1, -0.05) is 90.5 Å². The van der Waals surface area contributed by atoms with Crippen molar-refractivity contribution in [3.05, 3.63) is 137 Å². The maximum atomic E-state index is 13.5. The fourth-order valence-corrected chi connectivity index (χ4v) is 5.79. The van der Waals surface area contributed by atoms with Crippen molar-refractivity contribution in [2.75, 3.05) is 13.1 Å². The van der Waals surface area contributed by atoms with E-state index in [1.807, 2.05) is 35.2 Å². The van der Waals surface area contributed by atoms with E-state index in [2.05, 4.69) is 90.5 Å². The highest BCUT2D eigenvalue weighted by molar-refractivity contribution is 5.87. The predicted octanol–water partition coefficient (Wildman–Crippen LogP) is 7.72. The van der Waals surface area contributed by atoms with Gasteiger partial charge in [-0.15, -0.1) is 0 Å². The molecule has 0 spiro atoms. The highest BCUT2D eigenvalue weighted by Crippen LogP contribution is 2.36. The second kappa shape index (κ2) is 11.8. The Kier molecular flexibility index (Phi) is 7.67. The molecule has 1 aliphatic rings. The molecule has 202 valence electrons. The molecular weight excluding hydrogens is 492 g/mol. The minimum atomic E-state index is -0.0413. The lowest BCUT2D eigenvalue weighted by Gasteiger charge is -2.22. The summed E-state index contributed by atoms with van der Waals surface area (Å²) in [5.41, 5.74) is 7.20. The van der Waals surface area contributed by atoms with Gasteiger partial charge in [-0.25, -0.2) is 0 Å². The van der Waals surface area contributed by atoms with Gasteiger partial charge in [0.15, 0.2) is 0 Å². The number of rotatable bonds is 9. The molecule has 1 atom stereocenters. The Labute approximate surface area is 236 Å². The number of hydrogen-bond donors (Lipinski definition) is 0. The molecule has 2 heterocycles. The molecule has 1 aliphatic heterocycles. The molecule has 0 N–H and O–H groups in total. The van der Waals surface area contributed by atoms with Crippen molar-refractivity contribution in [3.63, 3.8) is 0 Å². The molecule has 40 heavy (non-hydrogen) atoms. The second-order valence-corrected chi connectivity index (χ2v) is 10.9. The fourth-order valence-electron chi connectivity index (χ4n) is 5.79. The number of carbonyl (C=O) groups excluding carboxylic acids is 1. The summed E-state index contributed by atoms with van der Waals surface area (Å²) in [6.07, 6.45) is 4.93. The van der Waals surface area contributed by atoms with Crippen LogP contribution in [0.25, 0.3) is 10.9 Å². The van der Waals surface area contributed by atoms with Crippen LogP contribution in [0.5, 0.6) is 5.75 Å². The van der Waals surface area contributed by atoms with Gasteiger partial charge in [0.05, 0.1) is 0 Å². The standard InChI is InChI=1S/C36H36N2O2/c1-27-13-15-28(16-14-27)24-38-25-34(32-11-5-6-12-35(32)38)33(23-36(39)37-21-7-8-22-37)30-17-19-31(20-18-30)40-26-29-9-3-2-4-10-29/h2-6,9-20,25,33H,7-8,21-24,26H2,1H3/t33-/m0/s1. The van der Waals surface area contributed by atoms with E-state index in [0.29, 0.717) is 13.0 Å². The van der Waals surface area contributed by atoms with Crippen molar-refractivity contribution in [3.8, 4) is 5.75 Å². The number of para-hydroxylation sites is 1. The summed E-state index contributed by atoms with van der Waals surface area (Å²) in [5.74, 6) is 1.03. The number of benzene rings is 4. The summed E-state index contributed by atoms with van der Waals surface area (Å²) < 4.78 is 8.40. The number of aromatic nitrogens is 1. The second-order valence-electron chi connectivity index (χ2n) is 10.9. The van der Waals surface area contributed by atoms with Crippen LogP contribution in [-0.2, 0) is 17.9 Å². The molecule has 1 saturated heterocycles. The van der Waals surface area contributed by atoms with Crippen LogP contribution in [0.15, 0.2) is 109 Å². The number of carbonyl (C=O) groups is 1. The summed E-state index contributed by atoms with van der Waals surface area (Å²) in [7, 11) is 0. The van der Waals surface area contributed by atoms with Crippen LogP contribution in [0.4, 0.5) is 0 Å². The maximum Gasteiger partial charge on any atom is 0.223 e. The third-order valence-electron chi connectivity index (χ3n) is 8.04. The zero-order chi connectivity index (χ0) is 27.3. The third kappa shape index (κ3) is 5.81. The molecule has 4 heteroatoms. The maximum absolute atomic E-state index is 13.5. The molecule has 6 rings (SSSR count).